The molecule has 4 rings (SSSR count). The van der Waals surface area contributed by atoms with Gasteiger partial charge in [0.05, 0.1) is 12.6 Å². The van der Waals surface area contributed by atoms with E-state index < -0.39 is 0 Å². The molecule has 0 atom stereocenters. The van der Waals surface area contributed by atoms with Crippen molar-refractivity contribution in [2.75, 3.05) is 32.2 Å². The molecule has 7 heteroatoms. The van der Waals surface area contributed by atoms with E-state index in [2.05, 4.69) is 10.3 Å². The van der Waals surface area contributed by atoms with Gasteiger partial charge in [0, 0.05) is 43.7 Å². The van der Waals surface area contributed by atoms with E-state index in [0.717, 1.165) is 16.6 Å². The number of alkyl halides is 1. The van der Waals surface area contributed by atoms with Gasteiger partial charge in [-0.3, -0.25) is 14.2 Å². The van der Waals surface area contributed by atoms with Gasteiger partial charge >= 0.3 is 0 Å². The van der Waals surface area contributed by atoms with E-state index in [9.17, 15) is 9.18 Å². The van der Waals surface area contributed by atoms with Crippen LogP contribution in [0.2, 0.25) is 0 Å². The average molecular weight is 401 g/mol. The van der Waals surface area contributed by atoms with Crippen LogP contribution < -0.4 is 5.32 Å². The Labute approximate surface area is 170 Å². The van der Waals surface area contributed by atoms with Crippen LogP contribution in [0, 0.1) is 12.8 Å². The maximum atomic E-state index is 12.8. The summed E-state index contributed by atoms with van der Waals surface area (Å²) < 4.78 is 15.3. The largest absolute Gasteiger partial charge is 0.448 e. The fourth-order valence-corrected chi connectivity index (χ4v) is 2.99. The standard InChI is InChI=1S/C19H19N3O3.C2H6.CH3F/c1-12-2-4-14(5-3-12)21-17-15-8-20-7-6-16(15)25-18(17)19(24)22-9-13(10-22)11-23;2*1-2/h2-8,13,21,23H,9-11H2,1H3;1-2H3;1H3. The van der Waals surface area contributed by atoms with E-state index in [4.69, 9.17) is 9.52 Å². The number of aliphatic hydroxyl groups is 1. The van der Waals surface area contributed by atoms with Gasteiger partial charge in [0.25, 0.3) is 5.91 Å². The number of aliphatic hydroxyl groups excluding tert-OH is 1. The lowest BCUT2D eigenvalue weighted by Crippen LogP contribution is -2.51. The number of hydrogen-bond acceptors (Lipinski definition) is 5. The lowest BCUT2D eigenvalue weighted by molar-refractivity contribution is 0.0337. The number of fused-ring (bicyclic) bond motifs is 1. The quantitative estimate of drug-likeness (QED) is 0.670. The lowest BCUT2D eigenvalue weighted by Gasteiger charge is -2.37. The Balaban J connectivity index is 0.000000707. The highest BCUT2D eigenvalue weighted by Crippen LogP contribution is 2.34. The van der Waals surface area contributed by atoms with Crippen LogP contribution in [-0.4, -0.2) is 47.8 Å². The van der Waals surface area contributed by atoms with Crippen molar-refractivity contribution in [1.29, 1.82) is 0 Å². The summed E-state index contributed by atoms with van der Waals surface area (Å²) in [6.07, 6.45) is 3.33. The molecule has 0 spiro atoms. The number of benzene rings is 1. The normalized spacial score (nSPS) is 13.0. The number of carbonyl (C=O) groups is 1. The van der Waals surface area contributed by atoms with Crippen molar-refractivity contribution < 1.29 is 18.7 Å². The maximum Gasteiger partial charge on any atom is 0.291 e. The van der Waals surface area contributed by atoms with Crippen LogP contribution in [0.15, 0.2) is 47.1 Å². The molecule has 1 aliphatic heterocycles. The minimum absolute atomic E-state index is 0.0995. The molecule has 29 heavy (non-hydrogen) atoms. The summed E-state index contributed by atoms with van der Waals surface area (Å²) in [4.78, 5) is 18.6. The van der Waals surface area contributed by atoms with Crippen LogP contribution in [0.1, 0.15) is 30.0 Å². The summed E-state index contributed by atoms with van der Waals surface area (Å²) in [6.45, 7) is 7.23. The topological polar surface area (TPSA) is 78.6 Å². The molecule has 2 aromatic heterocycles. The van der Waals surface area contributed by atoms with E-state index in [-0.39, 0.29) is 24.2 Å². The molecular weight excluding hydrogens is 373 g/mol. The Kier molecular flexibility index (Phi) is 8.15. The maximum absolute atomic E-state index is 12.8. The summed E-state index contributed by atoms with van der Waals surface area (Å²) in [6, 6.07) is 9.69. The molecule has 0 saturated carbocycles. The van der Waals surface area contributed by atoms with Gasteiger partial charge in [0.2, 0.25) is 5.76 Å². The van der Waals surface area contributed by atoms with Gasteiger partial charge in [-0.25, -0.2) is 0 Å². The molecule has 3 heterocycles. The van der Waals surface area contributed by atoms with Crippen LogP contribution in [-0.2, 0) is 0 Å². The fraction of sp³-hybridized carbons (Fsp3) is 0.364. The second-order valence-electron chi connectivity index (χ2n) is 6.43. The monoisotopic (exact) mass is 401 g/mol. The van der Waals surface area contributed by atoms with Crippen molar-refractivity contribution >= 4 is 28.3 Å². The highest BCUT2D eigenvalue weighted by Gasteiger charge is 2.34. The first-order chi connectivity index (χ1) is 14.2. The highest BCUT2D eigenvalue weighted by molar-refractivity contribution is 6.07. The first-order valence-corrected chi connectivity index (χ1v) is 9.64. The summed E-state index contributed by atoms with van der Waals surface area (Å²) in [7, 11) is 0.500. The predicted octanol–water partition coefficient (Wildman–Crippen LogP) is 4.56. The van der Waals surface area contributed by atoms with Gasteiger partial charge in [0.15, 0.2) is 0 Å². The van der Waals surface area contributed by atoms with Crippen LogP contribution in [0.5, 0.6) is 0 Å². The van der Waals surface area contributed by atoms with Crippen molar-refractivity contribution in [2.24, 2.45) is 5.92 Å². The number of furan rings is 1. The molecule has 2 N–H and O–H groups in total. The third-order valence-corrected chi connectivity index (χ3v) is 4.51. The van der Waals surface area contributed by atoms with Gasteiger partial charge in [-0.05, 0) is 25.1 Å². The lowest BCUT2D eigenvalue weighted by atomic mass is 10.0. The minimum atomic E-state index is -0.171. The molecule has 156 valence electrons. The molecule has 0 radical (unpaired) electrons. The zero-order chi connectivity index (χ0) is 21.4. The third kappa shape index (κ3) is 4.92. The van der Waals surface area contributed by atoms with Gasteiger partial charge in [-0.1, -0.05) is 31.5 Å². The molecule has 0 bridgehead atoms. The Bertz CT molecular complexity index is 919. The number of nitrogens with one attached hydrogen (secondary N) is 1. The van der Waals surface area contributed by atoms with Crippen LogP contribution in [0.4, 0.5) is 15.8 Å². The third-order valence-electron chi connectivity index (χ3n) is 4.51. The number of nitrogens with zero attached hydrogens (tertiary/aromatic N) is 2. The van der Waals surface area contributed by atoms with Crippen molar-refractivity contribution in [1.82, 2.24) is 9.88 Å². The van der Waals surface area contributed by atoms with Gasteiger partial charge in [-0.15, -0.1) is 0 Å². The number of anilines is 2. The number of rotatable bonds is 4. The average Bonchev–Trinajstić information content (AvgIpc) is 3.10. The van der Waals surface area contributed by atoms with E-state index in [1.807, 2.05) is 45.0 Å². The molecule has 1 aromatic carbocycles. The van der Waals surface area contributed by atoms with E-state index >= 15 is 0 Å². The summed E-state index contributed by atoms with van der Waals surface area (Å²) in [5, 5.41) is 13.2. The molecular formula is C22H28FN3O3. The van der Waals surface area contributed by atoms with E-state index in [1.165, 1.54) is 0 Å². The zero-order valence-corrected chi connectivity index (χ0v) is 17.3. The van der Waals surface area contributed by atoms with Gasteiger partial charge in [-0.2, -0.15) is 0 Å². The molecule has 0 unspecified atom stereocenters. The van der Waals surface area contributed by atoms with Crippen molar-refractivity contribution in [2.45, 2.75) is 20.8 Å². The number of amides is 1. The number of halogens is 1. The molecule has 1 saturated heterocycles. The Morgan fingerprint density at radius 3 is 2.52 bits per heavy atom. The first kappa shape index (κ1) is 22.4. The number of aromatic nitrogens is 1. The zero-order valence-electron chi connectivity index (χ0n) is 17.3. The molecule has 1 amide bonds. The summed E-state index contributed by atoms with van der Waals surface area (Å²) in [5.74, 6) is 0.263. The Morgan fingerprint density at radius 1 is 1.24 bits per heavy atom. The minimum Gasteiger partial charge on any atom is -0.448 e. The second-order valence-corrected chi connectivity index (χ2v) is 6.43. The van der Waals surface area contributed by atoms with Crippen molar-refractivity contribution in [3.8, 4) is 0 Å². The van der Waals surface area contributed by atoms with Gasteiger partial charge < -0.3 is 19.7 Å². The number of hydrogen-bond donors (Lipinski definition) is 2. The number of pyridine rings is 1. The highest BCUT2D eigenvalue weighted by atomic mass is 19.1. The number of likely N-dealkylation sites (tertiary alicyclic amines) is 1. The molecule has 0 aliphatic carbocycles. The van der Waals surface area contributed by atoms with E-state index in [0.29, 0.717) is 31.5 Å². The summed E-state index contributed by atoms with van der Waals surface area (Å²) >= 11 is 0. The molecule has 6 nitrogen and oxygen atoms in total. The van der Waals surface area contributed by atoms with E-state index in [1.54, 1.807) is 23.4 Å². The number of aryl methyl sites for hydroxylation is 1. The smallest absolute Gasteiger partial charge is 0.291 e. The molecule has 1 fully saturated rings. The Hall–Kier alpha value is -2.93. The summed E-state index contributed by atoms with van der Waals surface area (Å²) in [5.41, 5.74) is 3.29. The van der Waals surface area contributed by atoms with Crippen LogP contribution in [0.25, 0.3) is 11.0 Å². The SMILES string of the molecule is CC.CF.Cc1ccc(Nc2c(C(=O)N3CC(CO)C3)oc3ccncc23)cc1. The van der Waals surface area contributed by atoms with Crippen LogP contribution >= 0.6 is 0 Å². The van der Waals surface area contributed by atoms with Gasteiger partial charge in [0.1, 0.15) is 11.3 Å². The van der Waals surface area contributed by atoms with Crippen LogP contribution in [0.3, 0.4) is 0 Å². The van der Waals surface area contributed by atoms with Crippen molar-refractivity contribution in [3.63, 3.8) is 0 Å². The predicted molar refractivity (Wildman–Crippen MR) is 113 cm³/mol. The fourth-order valence-electron chi connectivity index (χ4n) is 2.99. The van der Waals surface area contributed by atoms with Crippen molar-refractivity contribution in [3.05, 3.63) is 54.0 Å². The first-order valence-electron chi connectivity index (χ1n) is 9.64. The Morgan fingerprint density at radius 2 is 1.90 bits per heavy atom. The molecule has 1 aliphatic rings. The second kappa shape index (κ2) is 10.6. The number of carbonyl (C=O) groups excluding carboxylic acids is 1. The molecule has 3 aromatic rings.